The molecule has 0 saturated heterocycles. The van der Waals surface area contributed by atoms with Gasteiger partial charge in [0.2, 0.25) is 0 Å². The lowest BCUT2D eigenvalue weighted by Crippen LogP contribution is -2.37. The van der Waals surface area contributed by atoms with Crippen LogP contribution in [0.1, 0.15) is 86.3 Å². The maximum Gasteiger partial charge on any atom is 0.339 e. The summed E-state index contributed by atoms with van der Waals surface area (Å²) < 4.78 is 5.16. The molecule has 2 atom stereocenters. The molecule has 0 bridgehead atoms. The van der Waals surface area contributed by atoms with Gasteiger partial charge >= 0.3 is 5.97 Å². The first-order valence-electron chi connectivity index (χ1n) is 8.69. The van der Waals surface area contributed by atoms with Gasteiger partial charge < -0.3 is 14.6 Å². The molecular formula is C20H25O4-. The topological polar surface area (TPSA) is 66.4 Å². The zero-order valence-corrected chi connectivity index (χ0v) is 14.9. The van der Waals surface area contributed by atoms with Crippen LogP contribution in [0.5, 0.6) is 0 Å². The fourth-order valence-corrected chi connectivity index (χ4v) is 4.76. The van der Waals surface area contributed by atoms with Crippen molar-refractivity contribution in [3.8, 4) is 0 Å². The maximum absolute atomic E-state index is 12.2. The van der Waals surface area contributed by atoms with E-state index in [1.54, 1.807) is 6.92 Å². The Hall–Kier alpha value is -1.84. The smallest absolute Gasteiger partial charge is 0.339 e. The van der Waals surface area contributed by atoms with Crippen molar-refractivity contribution in [1.29, 1.82) is 0 Å². The average Bonchev–Trinajstić information content (AvgIpc) is 2.86. The molecule has 1 aromatic rings. The monoisotopic (exact) mass is 329 g/mol. The fraction of sp³-hybridized carbons (Fsp3) is 0.600. The first kappa shape index (κ1) is 17.0. The van der Waals surface area contributed by atoms with E-state index in [-0.39, 0.29) is 17.4 Å². The van der Waals surface area contributed by atoms with Crippen molar-refractivity contribution in [1.82, 2.24) is 0 Å². The standard InChI is InChI=1S/C20H26O4/c1-12(17(21)22)15-14(7-6-13-10-24-18(23)16(13)15)20(4)9-5-8-19(2,3)11-20/h6-7,12H,5,8-11H2,1-4H3,(H,21,22)/p-1/t12?,20-/m0/s1. The molecule has 0 amide bonds. The van der Waals surface area contributed by atoms with Gasteiger partial charge in [-0.25, -0.2) is 4.79 Å². The minimum atomic E-state index is -1.15. The van der Waals surface area contributed by atoms with E-state index in [0.29, 0.717) is 11.1 Å². The van der Waals surface area contributed by atoms with Crippen LogP contribution in [0.15, 0.2) is 12.1 Å². The minimum Gasteiger partial charge on any atom is -0.550 e. The van der Waals surface area contributed by atoms with Gasteiger partial charge in [0.05, 0.1) is 5.56 Å². The van der Waals surface area contributed by atoms with Gasteiger partial charge in [-0.3, -0.25) is 0 Å². The molecule has 1 aliphatic heterocycles. The van der Waals surface area contributed by atoms with E-state index in [2.05, 4.69) is 20.8 Å². The molecule has 4 heteroatoms. The highest BCUT2D eigenvalue weighted by Crippen LogP contribution is 2.50. The first-order chi connectivity index (χ1) is 11.1. The number of carbonyl (C=O) groups excluding carboxylic acids is 2. The number of carboxylic acids is 1. The first-order valence-corrected chi connectivity index (χ1v) is 8.69. The minimum absolute atomic E-state index is 0.140. The molecule has 1 aromatic carbocycles. The van der Waals surface area contributed by atoms with Gasteiger partial charge in [0, 0.05) is 17.5 Å². The molecule has 24 heavy (non-hydrogen) atoms. The molecule has 0 radical (unpaired) electrons. The number of hydrogen-bond donors (Lipinski definition) is 0. The summed E-state index contributed by atoms with van der Waals surface area (Å²) in [5.41, 5.74) is 2.88. The SMILES string of the molecule is CC(C(=O)[O-])c1c([C@@]2(C)CCCC(C)(C)C2)ccc2c1C(=O)OC2. The molecule has 1 heterocycles. The number of fused-ring (bicyclic) bond motifs is 1. The normalized spacial score (nSPS) is 26.6. The van der Waals surface area contributed by atoms with Crippen molar-refractivity contribution in [3.63, 3.8) is 0 Å². The van der Waals surface area contributed by atoms with Gasteiger partial charge in [-0.2, -0.15) is 0 Å². The molecule has 4 nitrogen and oxygen atoms in total. The predicted octanol–water partition coefficient (Wildman–Crippen LogP) is 3.07. The van der Waals surface area contributed by atoms with E-state index in [9.17, 15) is 14.7 Å². The van der Waals surface area contributed by atoms with Crippen LogP contribution in [0.4, 0.5) is 0 Å². The van der Waals surface area contributed by atoms with Gasteiger partial charge in [0.25, 0.3) is 0 Å². The highest BCUT2D eigenvalue weighted by molar-refractivity contribution is 5.97. The van der Waals surface area contributed by atoms with Crippen LogP contribution in [0, 0.1) is 5.41 Å². The summed E-state index contributed by atoms with van der Waals surface area (Å²) in [5, 5.41) is 11.6. The molecule has 0 N–H and O–H groups in total. The molecule has 3 rings (SSSR count). The van der Waals surface area contributed by atoms with Crippen molar-refractivity contribution in [3.05, 3.63) is 34.4 Å². The summed E-state index contributed by atoms with van der Waals surface area (Å²) in [6.07, 6.45) is 4.24. The third-order valence-corrected chi connectivity index (χ3v) is 5.78. The second-order valence-corrected chi connectivity index (χ2v) is 8.43. The van der Waals surface area contributed by atoms with Crippen LogP contribution in [-0.4, -0.2) is 11.9 Å². The van der Waals surface area contributed by atoms with E-state index in [1.165, 1.54) is 6.42 Å². The van der Waals surface area contributed by atoms with Crippen LogP contribution in [0.2, 0.25) is 0 Å². The lowest BCUT2D eigenvalue weighted by molar-refractivity contribution is -0.307. The number of carbonyl (C=O) groups is 2. The Morgan fingerprint density at radius 2 is 1.96 bits per heavy atom. The van der Waals surface area contributed by atoms with Crippen LogP contribution in [0.25, 0.3) is 0 Å². The van der Waals surface area contributed by atoms with Crippen molar-refractivity contribution >= 4 is 11.9 Å². The summed E-state index contributed by atoms with van der Waals surface area (Å²) in [6.45, 7) is 8.55. The zero-order valence-electron chi connectivity index (χ0n) is 14.9. The summed E-state index contributed by atoms with van der Waals surface area (Å²) in [6, 6.07) is 3.94. The second kappa shape index (κ2) is 5.61. The molecule has 0 spiro atoms. The third kappa shape index (κ3) is 2.72. The number of ether oxygens (including phenoxy) is 1. The Kier molecular flexibility index (Phi) is 3.97. The molecule has 130 valence electrons. The molecule has 1 saturated carbocycles. The van der Waals surface area contributed by atoms with E-state index < -0.39 is 17.9 Å². The van der Waals surface area contributed by atoms with Crippen molar-refractivity contribution in [2.24, 2.45) is 5.41 Å². The Morgan fingerprint density at radius 1 is 1.25 bits per heavy atom. The quantitative estimate of drug-likeness (QED) is 0.799. The summed E-state index contributed by atoms with van der Waals surface area (Å²) in [5.74, 6) is -2.39. The van der Waals surface area contributed by atoms with E-state index in [0.717, 1.165) is 30.4 Å². The van der Waals surface area contributed by atoms with Crippen molar-refractivity contribution < 1.29 is 19.4 Å². The van der Waals surface area contributed by atoms with Crippen LogP contribution in [-0.2, 0) is 21.6 Å². The van der Waals surface area contributed by atoms with Crippen LogP contribution in [0.3, 0.4) is 0 Å². The summed E-state index contributed by atoms with van der Waals surface area (Å²) >= 11 is 0. The van der Waals surface area contributed by atoms with Crippen LogP contribution < -0.4 is 5.11 Å². The number of carboxylic acid groups (broad SMARTS) is 1. The molecule has 0 aromatic heterocycles. The van der Waals surface area contributed by atoms with Gasteiger partial charge in [0.15, 0.2) is 0 Å². The van der Waals surface area contributed by atoms with E-state index in [1.807, 2.05) is 12.1 Å². The van der Waals surface area contributed by atoms with Gasteiger partial charge in [0.1, 0.15) is 6.61 Å². The summed E-state index contributed by atoms with van der Waals surface area (Å²) in [7, 11) is 0. The molecular weight excluding hydrogens is 304 g/mol. The number of aliphatic carboxylic acids is 1. The number of esters is 1. The largest absolute Gasteiger partial charge is 0.550 e. The van der Waals surface area contributed by atoms with Gasteiger partial charge in [-0.1, -0.05) is 46.2 Å². The highest BCUT2D eigenvalue weighted by Gasteiger charge is 2.41. The predicted molar refractivity (Wildman–Crippen MR) is 88.6 cm³/mol. The number of cyclic esters (lactones) is 1. The van der Waals surface area contributed by atoms with Crippen LogP contribution >= 0.6 is 0 Å². The average molecular weight is 329 g/mol. The number of rotatable bonds is 3. The molecule has 1 unspecified atom stereocenters. The number of benzene rings is 1. The fourth-order valence-electron chi connectivity index (χ4n) is 4.76. The second-order valence-electron chi connectivity index (χ2n) is 8.43. The Morgan fingerprint density at radius 3 is 2.58 bits per heavy atom. The number of hydrogen-bond acceptors (Lipinski definition) is 4. The summed E-state index contributed by atoms with van der Waals surface area (Å²) in [4.78, 5) is 23.9. The van der Waals surface area contributed by atoms with Crippen molar-refractivity contribution in [2.75, 3.05) is 0 Å². The highest BCUT2D eigenvalue weighted by atomic mass is 16.5. The lowest BCUT2D eigenvalue weighted by Gasteiger charge is -2.44. The van der Waals surface area contributed by atoms with E-state index in [4.69, 9.17) is 4.74 Å². The molecule has 2 aliphatic rings. The van der Waals surface area contributed by atoms with E-state index >= 15 is 0 Å². The van der Waals surface area contributed by atoms with Crippen molar-refractivity contribution in [2.45, 2.75) is 71.3 Å². The Labute approximate surface area is 143 Å². The van der Waals surface area contributed by atoms with Gasteiger partial charge in [-0.05, 0) is 41.2 Å². The maximum atomic E-state index is 12.2. The lowest BCUT2D eigenvalue weighted by atomic mass is 9.60. The molecule has 1 fully saturated rings. The third-order valence-electron chi connectivity index (χ3n) is 5.78. The Bertz CT molecular complexity index is 704. The molecule has 1 aliphatic carbocycles. The Balaban J connectivity index is 2.20. The zero-order chi connectivity index (χ0) is 17.7. The van der Waals surface area contributed by atoms with Gasteiger partial charge in [-0.15, -0.1) is 0 Å².